The summed E-state index contributed by atoms with van der Waals surface area (Å²) < 4.78 is 33.3. The number of carbonyl (C=O) groups excluding carboxylic acids is 2. The summed E-state index contributed by atoms with van der Waals surface area (Å²) in [6.45, 7) is 2.72. The first kappa shape index (κ1) is 26.2. The molecule has 0 aliphatic carbocycles. The van der Waals surface area contributed by atoms with E-state index in [4.69, 9.17) is 16.3 Å². The maximum Gasteiger partial charge on any atom is 0.341 e. The van der Waals surface area contributed by atoms with Gasteiger partial charge in [0.2, 0.25) is 5.91 Å². The molecule has 1 aliphatic heterocycles. The van der Waals surface area contributed by atoms with Crippen LogP contribution < -0.4 is 9.62 Å². The Labute approximate surface area is 219 Å². The number of para-hydroxylation sites is 1. The number of esters is 1. The smallest absolute Gasteiger partial charge is 0.341 e. The Balaban J connectivity index is 1.69. The summed E-state index contributed by atoms with van der Waals surface area (Å²) >= 11 is 7.26. The molecule has 0 spiro atoms. The van der Waals surface area contributed by atoms with Crippen molar-refractivity contribution in [3.05, 3.63) is 75.1 Å². The van der Waals surface area contributed by atoms with Crippen molar-refractivity contribution in [3.63, 3.8) is 0 Å². The quantitative estimate of drug-likeness (QED) is 0.443. The van der Waals surface area contributed by atoms with E-state index >= 15 is 0 Å². The fourth-order valence-electron chi connectivity index (χ4n) is 4.11. The molecule has 0 saturated heterocycles. The number of ether oxygens (including phenoxy) is 1. The summed E-state index contributed by atoms with van der Waals surface area (Å²) in [5.74, 6) is -1.11. The standard InChI is InChI=1S/C25H26ClN3O5S2/c1-16-6-4-5-7-20(16)29(36(32,33)18-10-8-17(26)9-11-18)15-22(30)27-24-23(25(31)34-3)19-12-13-28(2)14-21(19)35-24/h4-11H,12-15H2,1-3H3,(H,27,30). The van der Waals surface area contributed by atoms with Crippen molar-refractivity contribution in [3.8, 4) is 0 Å². The number of thiophene rings is 1. The lowest BCUT2D eigenvalue weighted by Gasteiger charge is -2.25. The number of sulfonamides is 1. The van der Waals surface area contributed by atoms with Gasteiger partial charge in [0.25, 0.3) is 10.0 Å². The van der Waals surface area contributed by atoms with Crippen LogP contribution in [0.15, 0.2) is 53.4 Å². The Hall–Kier alpha value is -2.92. The molecule has 2 aromatic carbocycles. The molecule has 0 saturated carbocycles. The number of carbonyl (C=O) groups is 2. The molecule has 0 fully saturated rings. The number of anilines is 2. The van der Waals surface area contributed by atoms with Gasteiger partial charge in [0.05, 0.1) is 23.3 Å². The molecule has 2 heterocycles. The topological polar surface area (TPSA) is 96.0 Å². The average Bonchev–Trinajstić information content (AvgIpc) is 3.19. The normalized spacial score (nSPS) is 13.7. The molecule has 4 rings (SSSR count). The molecule has 0 unspecified atom stereocenters. The van der Waals surface area contributed by atoms with Crippen molar-refractivity contribution in [2.24, 2.45) is 0 Å². The third kappa shape index (κ3) is 5.27. The second-order valence-electron chi connectivity index (χ2n) is 8.49. The molecule has 1 N–H and O–H groups in total. The summed E-state index contributed by atoms with van der Waals surface area (Å²) in [5.41, 5.74) is 2.27. The first-order chi connectivity index (χ1) is 17.1. The van der Waals surface area contributed by atoms with E-state index in [1.54, 1.807) is 31.2 Å². The van der Waals surface area contributed by atoms with E-state index in [9.17, 15) is 18.0 Å². The lowest BCUT2D eigenvalue weighted by molar-refractivity contribution is -0.114. The minimum atomic E-state index is -4.10. The number of nitrogens with one attached hydrogen (secondary N) is 1. The van der Waals surface area contributed by atoms with Crippen LogP contribution in [0.25, 0.3) is 0 Å². The SMILES string of the molecule is COC(=O)c1c(NC(=O)CN(c2ccccc2C)S(=O)(=O)c2ccc(Cl)cc2)sc2c1CCN(C)C2. The predicted octanol–water partition coefficient (Wildman–Crippen LogP) is 4.32. The van der Waals surface area contributed by atoms with Crippen LogP contribution in [-0.4, -0.2) is 52.4 Å². The lowest BCUT2D eigenvalue weighted by atomic mass is 10.0. The maximum absolute atomic E-state index is 13.6. The number of nitrogens with zero attached hydrogens (tertiary/aromatic N) is 2. The van der Waals surface area contributed by atoms with Crippen LogP contribution in [0, 0.1) is 6.92 Å². The minimum absolute atomic E-state index is 0.00725. The number of halogens is 1. The van der Waals surface area contributed by atoms with Crippen molar-refractivity contribution in [1.29, 1.82) is 0 Å². The van der Waals surface area contributed by atoms with Crippen molar-refractivity contribution in [2.75, 3.05) is 36.9 Å². The zero-order valence-corrected chi connectivity index (χ0v) is 22.5. The Morgan fingerprint density at radius 2 is 1.86 bits per heavy atom. The number of methoxy groups -OCH3 is 1. The molecule has 190 valence electrons. The van der Waals surface area contributed by atoms with Gasteiger partial charge in [-0.15, -0.1) is 11.3 Å². The fraction of sp³-hybridized carbons (Fsp3) is 0.280. The second kappa shape index (κ2) is 10.6. The first-order valence-corrected chi connectivity index (χ1v) is 13.8. The largest absolute Gasteiger partial charge is 0.465 e. The Bertz CT molecular complexity index is 1400. The molecule has 8 nitrogen and oxygen atoms in total. The highest BCUT2D eigenvalue weighted by molar-refractivity contribution is 7.92. The van der Waals surface area contributed by atoms with Crippen LogP contribution in [-0.2, 0) is 32.5 Å². The van der Waals surface area contributed by atoms with Crippen LogP contribution in [0.3, 0.4) is 0 Å². The molecule has 11 heteroatoms. The molecular weight excluding hydrogens is 522 g/mol. The predicted molar refractivity (Wildman–Crippen MR) is 141 cm³/mol. The second-order valence-corrected chi connectivity index (χ2v) is 11.9. The van der Waals surface area contributed by atoms with Gasteiger partial charge >= 0.3 is 5.97 Å². The number of hydrogen-bond donors (Lipinski definition) is 1. The van der Waals surface area contributed by atoms with Gasteiger partial charge in [-0.1, -0.05) is 29.8 Å². The van der Waals surface area contributed by atoms with Crippen molar-refractivity contribution in [1.82, 2.24) is 4.90 Å². The number of benzene rings is 2. The van der Waals surface area contributed by atoms with Gasteiger partial charge in [-0.25, -0.2) is 13.2 Å². The van der Waals surface area contributed by atoms with Crippen LogP contribution in [0.4, 0.5) is 10.7 Å². The zero-order valence-electron chi connectivity index (χ0n) is 20.1. The Morgan fingerprint density at radius 3 is 2.53 bits per heavy atom. The Kier molecular flexibility index (Phi) is 7.70. The van der Waals surface area contributed by atoms with E-state index in [0.717, 1.165) is 21.3 Å². The van der Waals surface area contributed by atoms with Gasteiger partial charge in [-0.05, 0) is 61.9 Å². The van der Waals surface area contributed by atoms with Crippen molar-refractivity contribution in [2.45, 2.75) is 24.8 Å². The van der Waals surface area contributed by atoms with Crippen LogP contribution >= 0.6 is 22.9 Å². The summed E-state index contributed by atoms with van der Waals surface area (Å²) in [6.07, 6.45) is 0.656. The first-order valence-electron chi connectivity index (χ1n) is 11.2. The molecular formula is C25H26ClN3O5S2. The number of amides is 1. The summed E-state index contributed by atoms with van der Waals surface area (Å²) in [4.78, 5) is 29.0. The van der Waals surface area contributed by atoms with Gasteiger partial charge < -0.3 is 15.0 Å². The van der Waals surface area contributed by atoms with Gasteiger partial charge in [0.1, 0.15) is 11.5 Å². The van der Waals surface area contributed by atoms with Gasteiger partial charge in [0.15, 0.2) is 0 Å². The Morgan fingerprint density at radius 1 is 1.17 bits per heavy atom. The average molecular weight is 548 g/mol. The maximum atomic E-state index is 13.6. The van der Waals surface area contributed by atoms with Gasteiger partial charge in [-0.3, -0.25) is 9.10 Å². The monoisotopic (exact) mass is 547 g/mol. The molecule has 1 aliphatic rings. The molecule has 0 atom stereocenters. The van der Waals surface area contributed by atoms with E-state index in [1.807, 2.05) is 7.05 Å². The molecule has 36 heavy (non-hydrogen) atoms. The van der Waals surface area contributed by atoms with Crippen LogP contribution in [0.1, 0.15) is 26.4 Å². The highest BCUT2D eigenvalue weighted by Crippen LogP contribution is 2.37. The van der Waals surface area contributed by atoms with E-state index < -0.39 is 28.4 Å². The number of hydrogen-bond acceptors (Lipinski definition) is 7. The molecule has 3 aromatic rings. The molecule has 1 amide bonds. The molecule has 0 radical (unpaired) electrons. The van der Waals surface area contributed by atoms with Gasteiger partial charge in [0, 0.05) is 23.0 Å². The van der Waals surface area contributed by atoms with E-state index in [0.29, 0.717) is 39.8 Å². The van der Waals surface area contributed by atoms with Crippen LogP contribution in [0.5, 0.6) is 0 Å². The summed E-state index contributed by atoms with van der Waals surface area (Å²) in [5, 5.41) is 3.54. The number of rotatable bonds is 7. The van der Waals surface area contributed by atoms with E-state index in [-0.39, 0.29) is 4.90 Å². The van der Waals surface area contributed by atoms with E-state index in [2.05, 4.69) is 10.2 Å². The van der Waals surface area contributed by atoms with Gasteiger partial charge in [-0.2, -0.15) is 0 Å². The van der Waals surface area contributed by atoms with Crippen molar-refractivity contribution < 1.29 is 22.7 Å². The lowest BCUT2D eigenvalue weighted by Crippen LogP contribution is -2.38. The summed E-state index contributed by atoms with van der Waals surface area (Å²) in [7, 11) is -0.819. The highest BCUT2D eigenvalue weighted by atomic mass is 35.5. The fourth-order valence-corrected chi connectivity index (χ4v) is 7.05. The molecule has 0 bridgehead atoms. The third-order valence-electron chi connectivity index (χ3n) is 5.96. The third-order valence-corrected chi connectivity index (χ3v) is 9.12. The minimum Gasteiger partial charge on any atom is -0.465 e. The summed E-state index contributed by atoms with van der Waals surface area (Å²) in [6, 6.07) is 12.7. The molecule has 1 aromatic heterocycles. The number of likely N-dealkylation sites (N-methyl/N-ethyl adjacent to an activating group) is 1. The highest BCUT2D eigenvalue weighted by Gasteiger charge is 2.31. The number of aryl methyl sites for hydroxylation is 1. The van der Waals surface area contributed by atoms with E-state index in [1.165, 1.54) is 42.7 Å². The van der Waals surface area contributed by atoms with Crippen molar-refractivity contribution >= 4 is 55.5 Å². The van der Waals surface area contributed by atoms with Crippen LogP contribution in [0.2, 0.25) is 5.02 Å². The zero-order chi connectivity index (χ0) is 26.0. The number of fused-ring (bicyclic) bond motifs is 1.